The predicted octanol–water partition coefficient (Wildman–Crippen LogP) is 3.58. The number of hydrogen-bond acceptors (Lipinski definition) is 3. The molecule has 1 heterocycles. The molecule has 4 heteroatoms. The van der Waals surface area contributed by atoms with E-state index in [-0.39, 0.29) is 17.8 Å². The van der Waals surface area contributed by atoms with Gasteiger partial charge >= 0.3 is 0 Å². The molecular formula is C17H23FN2O. The van der Waals surface area contributed by atoms with Gasteiger partial charge in [0.2, 0.25) is 0 Å². The van der Waals surface area contributed by atoms with Crippen LogP contribution >= 0.6 is 0 Å². The number of nitrogens with two attached hydrogens (primary N) is 1. The van der Waals surface area contributed by atoms with E-state index in [0.29, 0.717) is 5.56 Å². The summed E-state index contributed by atoms with van der Waals surface area (Å²) >= 11 is 0. The Morgan fingerprint density at radius 2 is 2.00 bits per heavy atom. The lowest BCUT2D eigenvalue weighted by molar-refractivity contribution is 0.208. The third kappa shape index (κ3) is 4.16. The summed E-state index contributed by atoms with van der Waals surface area (Å²) < 4.78 is 19.2. The minimum absolute atomic E-state index is 0.150. The zero-order valence-corrected chi connectivity index (χ0v) is 12.6. The highest BCUT2D eigenvalue weighted by atomic mass is 19.1. The van der Waals surface area contributed by atoms with Crippen molar-refractivity contribution in [3.05, 3.63) is 59.8 Å². The first kappa shape index (κ1) is 15.7. The van der Waals surface area contributed by atoms with Gasteiger partial charge in [-0.3, -0.25) is 4.90 Å². The second kappa shape index (κ2) is 7.38. The molecule has 21 heavy (non-hydrogen) atoms. The molecular weight excluding hydrogens is 267 g/mol. The fourth-order valence-electron chi connectivity index (χ4n) is 2.50. The van der Waals surface area contributed by atoms with Crippen molar-refractivity contribution < 1.29 is 8.81 Å². The second-order valence-electron chi connectivity index (χ2n) is 5.43. The SMILES string of the molecule is CCN(Cc1ccco1)CC(C)C(N)c1ccccc1F. The first-order valence-electron chi connectivity index (χ1n) is 7.36. The summed E-state index contributed by atoms with van der Waals surface area (Å²) in [7, 11) is 0. The molecule has 3 nitrogen and oxygen atoms in total. The van der Waals surface area contributed by atoms with Crippen LogP contribution in [0.25, 0.3) is 0 Å². The van der Waals surface area contributed by atoms with Crippen LogP contribution in [-0.4, -0.2) is 18.0 Å². The second-order valence-corrected chi connectivity index (χ2v) is 5.43. The fourth-order valence-corrected chi connectivity index (χ4v) is 2.50. The van der Waals surface area contributed by atoms with Gasteiger partial charge in [0, 0.05) is 18.2 Å². The maximum atomic E-state index is 13.8. The molecule has 0 spiro atoms. The third-order valence-electron chi connectivity index (χ3n) is 3.83. The van der Waals surface area contributed by atoms with E-state index < -0.39 is 0 Å². The van der Waals surface area contributed by atoms with Crippen molar-refractivity contribution in [1.82, 2.24) is 4.90 Å². The van der Waals surface area contributed by atoms with Crippen molar-refractivity contribution in [2.24, 2.45) is 11.7 Å². The molecule has 114 valence electrons. The van der Waals surface area contributed by atoms with Gasteiger partial charge in [0.25, 0.3) is 0 Å². The lowest BCUT2D eigenvalue weighted by Gasteiger charge is -2.27. The monoisotopic (exact) mass is 290 g/mol. The predicted molar refractivity (Wildman–Crippen MR) is 82.2 cm³/mol. The Balaban J connectivity index is 1.98. The summed E-state index contributed by atoms with van der Waals surface area (Å²) in [5.74, 6) is 0.853. The summed E-state index contributed by atoms with van der Waals surface area (Å²) in [5, 5.41) is 0. The minimum Gasteiger partial charge on any atom is -0.468 e. The van der Waals surface area contributed by atoms with Gasteiger partial charge in [-0.05, 0) is 30.7 Å². The molecule has 0 aliphatic rings. The molecule has 0 saturated carbocycles. The van der Waals surface area contributed by atoms with E-state index in [2.05, 4.69) is 18.7 Å². The van der Waals surface area contributed by atoms with Crippen LogP contribution in [0.2, 0.25) is 0 Å². The standard InChI is InChI=1S/C17H23FN2O/c1-3-20(12-14-7-6-10-21-14)11-13(2)17(19)15-8-4-5-9-16(15)18/h4-10,13,17H,3,11-12,19H2,1-2H3. The number of nitrogens with zero attached hydrogens (tertiary/aromatic N) is 1. The van der Waals surface area contributed by atoms with Crippen molar-refractivity contribution in [3.8, 4) is 0 Å². The molecule has 0 saturated heterocycles. The highest BCUT2D eigenvalue weighted by Gasteiger charge is 2.20. The van der Waals surface area contributed by atoms with Crippen molar-refractivity contribution in [2.45, 2.75) is 26.4 Å². The van der Waals surface area contributed by atoms with E-state index in [9.17, 15) is 4.39 Å². The molecule has 0 aliphatic carbocycles. The van der Waals surface area contributed by atoms with Gasteiger partial charge in [0.05, 0.1) is 12.8 Å². The molecule has 2 rings (SSSR count). The molecule has 0 bridgehead atoms. The first-order chi connectivity index (χ1) is 10.1. The Kier molecular flexibility index (Phi) is 5.53. The lowest BCUT2D eigenvalue weighted by Crippen LogP contribution is -2.33. The van der Waals surface area contributed by atoms with Gasteiger partial charge in [-0.2, -0.15) is 0 Å². The van der Waals surface area contributed by atoms with Crippen molar-refractivity contribution in [1.29, 1.82) is 0 Å². The van der Waals surface area contributed by atoms with Crippen LogP contribution in [0, 0.1) is 11.7 Å². The number of hydrogen-bond donors (Lipinski definition) is 1. The van der Waals surface area contributed by atoms with E-state index in [0.717, 1.165) is 25.4 Å². The average Bonchev–Trinajstić information content (AvgIpc) is 2.99. The molecule has 2 atom stereocenters. The van der Waals surface area contributed by atoms with Crippen molar-refractivity contribution in [2.75, 3.05) is 13.1 Å². The molecule has 0 fully saturated rings. The quantitative estimate of drug-likeness (QED) is 0.847. The summed E-state index contributed by atoms with van der Waals surface area (Å²) in [4.78, 5) is 2.25. The zero-order chi connectivity index (χ0) is 15.2. The van der Waals surface area contributed by atoms with Gasteiger partial charge in [-0.15, -0.1) is 0 Å². The third-order valence-corrected chi connectivity index (χ3v) is 3.83. The van der Waals surface area contributed by atoms with E-state index in [1.165, 1.54) is 6.07 Å². The summed E-state index contributed by atoms with van der Waals surface area (Å²) in [6.45, 7) is 6.60. The van der Waals surface area contributed by atoms with Crippen LogP contribution in [0.15, 0.2) is 47.1 Å². The van der Waals surface area contributed by atoms with Crippen LogP contribution in [-0.2, 0) is 6.54 Å². The first-order valence-corrected chi connectivity index (χ1v) is 7.36. The van der Waals surface area contributed by atoms with Crippen molar-refractivity contribution >= 4 is 0 Å². The number of benzene rings is 1. The normalized spacial score (nSPS) is 14.3. The summed E-state index contributed by atoms with van der Waals surface area (Å²) in [5.41, 5.74) is 6.81. The fraction of sp³-hybridized carbons (Fsp3) is 0.412. The van der Waals surface area contributed by atoms with Crippen molar-refractivity contribution in [3.63, 3.8) is 0 Å². The number of halogens is 1. The molecule has 2 unspecified atom stereocenters. The Morgan fingerprint density at radius 3 is 2.62 bits per heavy atom. The Morgan fingerprint density at radius 1 is 1.24 bits per heavy atom. The summed E-state index contributed by atoms with van der Waals surface area (Å²) in [6.07, 6.45) is 1.68. The minimum atomic E-state index is -0.308. The van der Waals surface area contributed by atoms with E-state index in [4.69, 9.17) is 10.2 Å². The smallest absolute Gasteiger partial charge is 0.127 e. The highest BCUT2D eigenvalue weighted by molar-refractivity contribution is 5.21. The van der Waals surface area contributed by atoms with Crippen LogP contribution in [0.5, 0.6) is 0 Å². The largest absolute Gasteiger partial charge is 0.468 e. The maximum absolute atomic E-state index is 13.8. The van der Waals surface area contributed by atoms with Crippen LogP contribution in [0.3, 0.4) is 0 Å². The Hall–Kier alpha value is -1.65. The number of rotatable bonds is 7. The summed E-state index contributed by atoms with van der Waals surface area (Å²) in [6, 6.07) is 10.3. The van der Waals surface area contributed by atoms with Crippen LogP contribution in [0.1, 0.15) is 31.2 Å². The molecule has 1 aromatic heterocycles. The van der Waals surface area contributed by atoms with Gasteiger partial charge < -0.3 is 10.2 Å². The zero-order valence-electron chi connectivity index (χ0n) is 12.6. The molecule has 2 aromatic rings. The number of furan rings is 1. The Bertz CT molecular complexity index is 541. The lowest BCUT2D eigenvalue weighted by atomic mass is 9.94. The van der Waals surface area contributed by atoms with E-state index in [1.807, 2.05) is 18.2 Å². The van der Waals surface area contributed by atoms with E-state index in [1.54, 1.807) is 18.4 Å². The molecule has 1 aromatic carbocycles. The molecule has 0 amide bonds. The maximum Gasteiger partial charge on any atom is 0.127 e. The topological polar surface area (TPSA) is 42.4 Å². The van der Waals surface area contributed by atoms with Gasteiger partial charge in [0.1, 0.15) is 11.6 Å². The van der Waals surface area contributed by atoms with Gasteiger partial charge in [-0.1, -0.05) is 32.0 Å². The highest BCUT2D eigenvalue weighted by Crippen LogP contribution is 2.23. The van der Waals surface area contributed by atoms with E-state index >= 15 is 0 Å². The van der Waals surface area contributed by atoms with Crippen LogP contribution in [0.4, 0.5) is 4.39 Å². The Labute approximate surface area is 125 Å². The van der Waals surface area contributed by atoms with Gasteiger partial charge in [-0.25, -0.2) is 4.39 Å². The average molecular weight is 290 g/mol. The van der Waals surface area contributed by atoms with Gasteiger partial charge in [0.15, 0.2) is 0 Å². The molecule has 0 radical (unpaired) electrons. The molecule has 0 aliphatic heterocycles. The molecule has 2 N–H and O–H groups in total. The van der Waals surface area contributed by atoms with Crippen LogP contribution < -0.4 is 5.73 Å².